The third-order valence-corrected chi connectivity index (χ3v) is 5.32. The Bertz CT molecular complexity index is 929. The number of ether oxygens (including phenoxy) is 1. The summed E-state index contributed by atoms with van der Waals surface area (Å²) >= 11 is 0. The smallest absolute Gasteiger partial charge is 0.399 e. The van der Waals surface area contributed by atoms with Crippen molar-refractivity contribution in [1.82, 2.24) is 0 Å². The summed E-state index contributed by atoms with van der Waals surface area (Å²) < 4.78 is 67.7. The number of rotatable bonds is 5. The minimum atomic E-state index is -5.17. The van der Waals surface area contributed by atoms with E-state index in [0.29, 0.717) is 11.5 Å². The second-order valence-corrected chi connectivity index (χ2v) is 7.65. The van der Waals surface area contributed by atoms with E-state index in [2.05, 4.69) is 23.5 Å². The molecule has 2 aromatic rings. The van der Waals surface area contributed by atoms with Gasteiger partial charge in [-0.05, 0) is 60.6 Å². The Morgan fingerprint density at radius 3 is 2.33 bits per heavy atom. The predicted octanol–water partition coefficient (Wildman–Crippen LogP) is 6.95. The fourth-order valence-corrected chi connectivity index (χ4v) is 3.83. The van der Waals surface area contributed by atoms with Crippen molar-refractivity contribution in [2.24, 2.45) is 5.92 Å². The van der Waals surface area contributed by atoms with Gasteiger partial charge in [-0.2, -0.15) is 0 Å². The van der Waals surface area contributed by atoms with E-state index in [0.717, 1.165) is 31.4 Å². The number of unbranched alkanes of at least 4 members (excludes halogenated alkanes) is 2. The van der Waals surface area contributed by atoms with Crippen molar-refractivity contribution < 1.29 is 26.7 Å². The van der Waals surface area contributed by atoms with Crippen molar-refractivity contribution in [3.05, 3.63) is 64.2 Å². The molecule has 1 aliphatic rings. The zero-order valence-corrected chi connectivity index (χ0v) is 16.7. The predicted molar refractivity (Wildman–Crippen MR) is 105 cm³/mol. The molecule has 0 aliphatic heterocycles. The van der Waals surface area contributed by atoms with E-state index in [1.165, 1.54) is 36.8 Å². The van der Waals surface area contributed by atoms with Gasteiger partial charge in [-0.3, -0.25) is 0 Å². The van der Waals surface area contributed by atoms with Gasteiger partial charge in [-0.15, -0.1) is 13.2 Å². The highest BCUT2D eigenvalue weighted by Crippen LogP contribution is 2.30. The Hall–Kier alpha value is -2.55. The molecule has 3 rings (SSSR count). The van der Waals surface area contributed by atoms with Gasteiger partial charge in [-0.25, -0.2) is 8.78 Å². The van der Waals surface area contributed by atoms with Crippen molar-refractivity contribution in [3.63, 3.8) is 0 Å². The normalized spacial score (nSPS) is 15.9. The van der Waals surface area contributed by atoms with Gasteiger partial charge in [0.05, 0.1) is 0 Å². The number of alkyl halides is 3. The Labute approximate surface area is 173 Å². The molecular formula is C24H23F5O. The van der Waals surface area contributed by atoms with E-state index in [4.69, 9.17) is 0 Å². The highest BCUT2D eigenvalue weighted by Gasteiger charge is 2.34. The van der Waals surface area contributed by atoms with Gasteiger partial charge < -0.3 is 4.74 Å². The van der Waals surface area contributed by atoms with Crippen molar-refractivity contribution in [2.45, 2.75) is 58.2 Å². The molecule has 1 nitrogen and oxygen atoms in total. The number of halogens is 5. The van der Waals surface area contributed by atoms with Crippen LogP contribution in [-0.4, -0.2) is 6.36 Å². The van der Waals surface area contributed by atoms with Crippen molar-refractivity contribution in [3.8, 4) is 17.6 Å². The standard InChI is InChI=1S/C24H23F5O/c1-2-3-4-5-16-8-10-20-13-17(9-11-19(20)12-16)6-7-18-14-21(25)23(22(26)15-18)30-24(27,28)29/h9,11,13-16H,2-5,8,10,12H2,1H3. The monoisotopic (exact) mass is 422 g/mol. The molecule has 6 heteroatoms. The lowest BCUT2D eigenvalue weighted by Crippen LogP contribution is -2.19. The molecule has 0 amide bonds. The molecule has 30 heavy (non-hydrogen) atoms. The summed E-state index contributed by atoms with van der Waals surface area (Å²) in [5, 5.41) is 0. The van der Waals surface area contributed by atoms with Crippen LogP contribution in [0.3, 0.4) is 0 Å². The molecule has 1 unspecified atom stereocenters. The molecule has 0 aromatic heterocycles. The van der Waals surface area contributed by atoms with Gasteiger partial charge in [0.2, 0.25) is 5.75 Å². The summed E-state index contributed by atoms with van der Waals surface area (Å²) in [5.74, 6) is 1.80. The number of aryl methyl sites for hydroxylation is 1. The molecule has 0 saturated heterocycles. The van der Waals surface area contributed by atoms with Crippen LogP contribution in [0.4, 0.5) is 22.0 Å². The fourth-order valence-electron chi connectivity index (χ4n) is 3.83. The summed E-state index contributed by atoms with van der Waals surface area (Å²) in [5.41, 5.74) is 3.20. The average Bonchev–Trinajstić information content (AvgIpc) is 2.68. The molecule has 0 radical (unpaired) electrons. The van der Waals surface area contributed by atoms with Gasteiger partial charge in [0, 0.05) is 11.1 Å². The summed E-state index contributed by atoms with van der Waals surface area (Å²) in [6, 6.07) is 7.37. The van der Waals surface area contributed by atoms with Crippen molar-refractivity contribution >= 4 is 0 Å². The number of benzene rings is 2. The average molecular weight is 422 g/mol. The van der Waals surface area contributed by atoms with E-state index < -0.39 is 23.7 Å². The molecule has 2 aromatic carbocycles. The molecular weight excluding hydrogens is 399 g/mol. The number of hydrogen-bond donors (Lipinski definition) is 0. The maximum absolute atomic E-state index is 13.8. The fraction of sp³-hybridized carbons (Fsp3) is 0.417. The SMILES string of the molecule is CCCCCC1CCc2cc(C#Cc3cc(F)c(OC(F)(F)F)c(F)c3)ccc2C1. The van der Waals surface area contributed by atoms with Gasteiger partial charge in [-0.1, -0.05) is 50.5 Å². The Balaban J connectivity index is 1.72. The maximum Gasteiger partial charge on any atom is 0.573 e. The lowest BCUT2D eigenvalue weighted by atomic mass is 9.81. The summed E-state index contributed by atoms with van der Waals surface area (Å²) in [6.07, 6.45) is 3.01. The lowest BCUT2D eigenvalue weighted by Gasteiger charge is -2.24. The zero-order chi connectivity index (χ0) is 21.7. The van der Waals surface area contributed by atoms with Gasteiger partial charge in [0.15, 0.2) is 11.6 Å². The molecule has 0 bridgehead atoms. The second kappa shape index (κ2) is 9.51. The number of hydrogen-bond acceptors (Lipinski definition) is 1. The molecule has 160 valence electrons. The molecule has 0 saturated carbocycles. The van der Waals surface area contributed by atoms with Crippen LogP contribution in [0, 0.1) is 29.4 Å². The maximum atomic E-state index is 13.8. The molecule has 0 spiro atoms. The minimum Gasteiger partial charge on any atom is -0.399 e. The third kappa shape index (κ3) is 5.98. The summed E-state index contributed by atoms with van der Waals surface area (Å²) in [4.78, 5) is 0. The van der Waals surface area contributed by atoms with E-state index in [-0.39, 0.29) is 5.56 Å². The third-order valence-electron chi connectivity index (χ3n) is 5.32. The van der Waals surface area contributed by atoms with E-state index in [9.17, 15) is 22.0 Å². The molecule has 0 fully saturated rings. The van der Waals surface area contributed by atoms with Crippen LogP contribution in [0.5, 0.6) is 5.75 Å². The van der Waals surface area contributed by atoms with Crippen LogP contribution >= 0.6 is 0 Å². The lowest BCUT2D eigenvalue weighted by molar-refractivity contribution is -0.276. The summed E-state index contributed by atoms with van der Waals surface area (Å²) in [6.45, 7) is 2.20. The van der Waals surface area contributed by atoms with E-state index in [1.54, 1.807) is 0 Å². The van der Waals surface area contributed by atoms with Crippen molar-refractivity contribution in [2.75, 3.05) is 0 Å². The first-order chi connectivity index (χ1) is 14.2. The van der Waals surface area contributed by atoms with Crippen LogP contribution < -0.4 is 4.74 Å². The van der Waals surface area contributed by atoms with Gasteiger partial charge in [0.25, 0.3) is 0 Å². The topological polar surface area (TPSA) is 9.23 Å². The van der Waals surface area contributed by atoms with Crippen LogP contribution in [0.25, 0.3) is 0 Å². The number of fused-ring (bicyclic) bond motifs is 1. The molecule has 1 aliphatic carbocycles. The largest absolute Gasteiger partial charge is 0.573 e. The Morgan fingerprint density at radius 2 is 1.67 bits per heavy atom. The first-order valence-corrected chi connectivity index (χ1v) is 10.1. The van der Waals surface area contributed by atoms with Crippen molar-refractivity contribution in [1.29, 1.82) is 0 Å². The highest BCUT2D eigenvalue weighted by molar-refractivity contribution is 5.48. The van der Waals surface area contributed by atoms with Crippen LogP contribution in [-0.2, 0) is 12.8 Å². The molecule has 1 atom stereocenters. The van der Waals surface area contributed by atoms with Crippen LogP contribution in [0.15, 0.2) is 30.3 Å². The first kappa shape index (κ1) is 22.1. The molecule has 0 N–H and O–H groups in total. The highest BCUT2D eigenvalue weighted by atomic mass is 19.4. The Morgan fingerprint density at radius 1 is 0.967 bits per heavy atom. The van der Waals surface area contributed by atoms with Crippen LogP contribution in [0.2, 0.25) is 0 Å². The molecule has 0 heterocycles. The summed E-state index contributed by atoms with van der Waals surface area (Å²) in [7, 11) is 0. The van der Waals surface area contributed by atoms with Gasteiger partial charge >= 0.3 is 6.36 Å². The van der Waals surface area contributed by atoms with E-state index >= 15 is 0 Å². The second-order valence-electron chi connectivity index (χ2n) is 7.65. The Kier molecular flexibility index (Phi) is 7.02. The quantitative estimate of drug-likeness (QED) is 0.288. The first-order valence-electron chi connectivity index (χ1n) is 10.1. The van der Waals surface area contributed by atoms with Crippen LogP contribution in [0.1, 0.15) is 61.3 Å². The van der Waals surface area contributed by atoms with E-state index in [1.807, 2.05) is 18.2 Å². The van der Waals surface area contributed by atoms with Gasteiger partial charge in [0.1, 0.15) is 0 Å². The minimum absolute atomic E-state index is 0.0618. The zero-order valence-electron chi connectivity index (χ0n) is 16.7.